The maximum absolute atomic E-state index is 10.6. The maximum Gasteiger partial charge on any atom is 0.141 e. The number of aromatic nitrogens is 1. The van der Waals surface area contributed by atoms with Crippen LogP contribution < -0.4 is 9.80 Å². The lowest BCUT2D eigenvalue weighted by atomic mass is 9.84. The molecule has 4 heteroatoms. The Morgan fingerprint density at radius 1 is 1.04 bits per heavy atom. The van der Waals surface area contributed by atoms with E-state index in [4.69, 9.17) is 0 Å². The molecule has 4 rings (SSSR count). The van der Waals surface area contributed by atoms with Crippen LogP contribution in [0.3, 0.4) is 0 Å². The van der Waals surface area contributed by atoms with Crippen LogP contribution in [0.15, 0.2) is 24.4 Å². The summed E-state index contributed by atoms with van der Waals surface area (Å²) in [5, 5.41) is 11.8. The molecule has 1 N–H and O–H groups in total. The molecule has 3 heterocycles. The molecule has 0 aliphatic carbocycles. The number of benzene rings is 1. The van der Waals surface area contributed by atoms with E-state index in [9.17, 15) is 5.11 Å². The summed E-state index contributed by atoms with van der Waals surface area (Å²) in [6.07, 6.45) is 9.43. The fourth-order valence-electron chi connectivity index (χ4n) is 4.86. The maximum atomic E-state index is 10.6. The molecule has 2 aromatic rings. The van der Waals surface area contributed by atoms with E-state index in [0.29, 0.717) is 5.75 Å². The predicted octanol–water partition coefficient (Wildman–Crippen LogP) is 5.19. The summed E-state index contributed by atoms with van der Waals surface area (Å²) in [5.74, 6) is 2.04. The Balaban J connectivity index is 1.63. The number of pyridine rings is 1. The van der Waals surface area contributed by atoms with Gasteiger partial charge in [0.05, 0.1) is 11.2 Å². The van der Waals surface area contributed by atoms with Gasteiger partial charge in [0.1, 0.15) is 5.75 Å². The van der Waals surface area contributed by atoms with Crippen molar-refractivity contribution in [1.82, 2.24) is 4.98 Å². The third-order valence-electron chi connectivity index (χ3n) is 6.84. The Morgan fingerprint density at radius 3 is 2.44 bits per heavy atom. The van der Waals surface area contributed by atoms with Crippen LogP contribution in [0.4, 0.5) is 11.4 Å². The number of phenols is 1. The van der Waals surface area contributed by atoms with Crippen LogP contribution in [0.25, 0.3) is 10.9 Å². The zero-order valence-electron chi connectivity index (χ0n) is 16.8. The van der Waals surface area contributed by atoms with Crippen LogP contribution >= 0.6 is 0 Å². The van der Waals surface area contributed by atoms with Crippen molar-refractivity contribution < 1.29 is 5.11 Å². The van der Waals surface area contributed by atoms with Crippen LogP contribution in [0.1, 0.15) is 52.4 Å². The topological polar surface area (TPSA) is 39.6 Å². The first kappa shape index (κ1) is 18.4. The monoisotopic (exact) mass is 367 g/mol. The first-order valence-electron chi connectivity index (χ1n) is 10.8. The van der Waals surface area contributed by atoms with E-state index in [2.05, 4.69) is 40.8 Å². The van der Waals surface area contributed by atoms with Crippen molar-refractivity contribution in [3.63, 3.8) is 0 Å². The molecule has 2 aliphatic heterocycles. The van der Waals surface area contributed by atoms with E-state index in [0.717, 1.165) is 49.2 Å². The quantitative estimate of drug-likeness (QED) is 0.807. The van der Waals surface area contributed by atoms with Crippen molar-refractivity contribution in [3.8, 4) is 5.75 Å². The number of hydrogen-bond donors (Lipinski definition) is 1. The highest BCUT2D eigenvalue weighted by Crippen LogP contribution is 2.38. The second-order valence-corrected chi connectivity index (χ2v) is 8.45. The molecule has 0 amide bonds. The van der Waals surface area contributed by atoms with Gasteiger partial charge in [-0.2, -0.15) is 0 Å². The van der Waals surface area contributed by atoms with Gasteiger partial charge in [0.15, 0.2) is 0 Å². The number of anilines is 2. The van der Waals surface area contributed by atoms with Crippen LogP contribution in [0.2, 0.25) is 0 Å². The Bertz CT molecular complexity index is 777. The molecule has 0 spiro atoms. The lowest BCUT2D eigenvalue weighted by Gasteiger charge is -2.36. The first-order chi connectivity index (χ1) is 13.2. The molecule has 2 aliphatic rings. The van der Waals surface area contributed by atoms with E-state index in [-0.39, 0.29) is 0 Å². The molecule has 146 valence electrons. The number of hydrogen-bond acceptors (Lipinski definition) is 4. The SMILES string of the molecule is CCC(C)C1CCN(c2ccnc3cc(O)c(N4CCCCC4)cc23)CC1. The minimum Gasteiger partial charge on any atom is -0.506 e. The number of phenolic OH excluding ortho intramolecular Hbond substituents is 1. The van der Waals surface area contributed by atoms with Gasteiger partial charge in [-0.15, -0.1) is 0 Å². The number of piperidine rings is 2. The number of aromatic hydroxyl groups is 1. The Hall–Kier alpha value is -1.97. The fourth-order valence-corrected chi connectivity index (χ4v) is 4.86. The molecule has 2 saturated heterocycles. The summed E-state index contributed by atoms with van der Waals surface area (Å²) in [5.41, 5.74) is 3.15. The largest absolute Gasteiger partial charge is 0.506 e. The number of nitrogens with zero attached hydrogens (tertiary/aromatic N) is 3. The minimum atomic E-state index is 0.365. The van der Waals surface area contributed by atoms with Gasteiger partial charge < -0.3 is 14.9 Å². The van der Waals surface area contributed by atoms with Gasteiger partial charge in [-0.3, -0.25) is 4.98 Å². The van der Waals surface area contributed by atoms with E-state index in [1.54, 1.807) is 0 Å². The average molecular weight is 368 g/mol. The molecule has 4 nitrogen and oxygen atoms in total. The second kappa shape index (κ2) is 7.95. The van der Waals surface area contributed by atoms with Crippen LogP contribution in [-0.4, -0.2) is 36.3 Å². The van der Waals surface area contributed by atoms with Crippen molar-refractivity contribution in [2.24, 2.45) is 11.8 Å². The van der Waals surface area contributed by atoms with Gasteiger partial charge in [0, 0.05) is 49.5 Å². The summed E-state index contributed by atoms with van der Waals surface area (Å²) >= 11 is 0. The third-order valence-corrected chi connectivity index (χ3v) is 6.84. The lowest BCUT2D eigenvalue weighted by molar-refractivity contribution is 0.286. The number of rotatable bonds is 4. The fraction of sp³-hybridized carbons (Fsp3) is 0.609. The molecule has 1 aromatic carbocycles. The predicted molar refractivity (Wildman–Crippen MR) is 114 cm³/mol. The summed E-state index contributed by atoms with van der Waals surface area (Å²) in [6, 6.07) is 6.19. The van der Waals surface area contributed by atoms with Crippen LogP contribution in [-0.2, 0) is 0 Å². The van der Waals surface area contributed by atoms with E-state index in [1.165, 1.54) is 49.6 Å². The van der Waals surface area contributed by atoms with Crippen molar-refractivity contribution >= 4 is 22.3 Å². The minimum absolute atomic E-state index is 0.365. The summed E-state index contributed by atoms with van der Waals surface area (Å²) in [4.78, 5) is 9.40. The standard InChI is InChI=1S/C23H33N3O/c1-3-17(2)18-8-13-26(14-9-18)21-7-10-24-20-16-23(27)22(15-19(20)21)25-11-5-4-6-12-25/h7,10,15-18,27H,3-6,8-9,11-14H2,1-2H3. The Kier molecular flexibility index (Phi) is 5.42. The second-order valence-electron chi connectivity index (χ2n) is 8.45. The van der Waals surface area contributed by atoms with Crippen LogP contribution in [0, 0.1) is 11.8 Å². The molecule has 0 bridgehead atoms. The Labute approximate surface area is 163 Å². The molecule has 0 radical (unpaired) electrons. The van der Waals surface area contributed by atoms with Gasteiger partial charge in [-0.25, -0.2) is 0 Å². The van der Waals surface area contributed by atoms with Crippen LogP contribution in [0.5, 0.6) is 5.75 Å². The summed E-state index contributed by atoms with van der Waals surface area (Å²) in [6.45, 7) is 9.02. The van der Waals surface area contributed by atoms with Crippen molar-refractivity contribution in [1.29, 1.82) is 0 Å². The molecular weight excluding hydrogens is 334 g/mol. The molecule has 2 fully saturated rings. The first-order valence-corrected chi connectivity index (χ1v) is 10.8. The number of fused-ring (bicyclic) bond motifs is 1. The summed E-state index contributed by atoms with van der Waals surface area (Å²) < 4.78 is 0. The highest BCUT2D eigenvalue weighted by Gasteiger charge is 2.24. The molecular formula is C23H33N3O. The average Bonchev–Trinajstić information content (AvgIpc) is 2.73. The third kappa shape index (κ3) is 3.71. The zero-order valence-corrected chi connectivity index (χ0v) is 16.8. The molecule has 27 heavy (non-hydrogen) atoms. The van der Waals surface area contributed by atoms with E-state index < -0.39 is 0 Å². The van der Waals surface area contributed by atoms with Gasteiger partial charge in [-0.05, 0) is 56.1 Å². The van der Waals surface area contributed by atoms with Crippen molar-refractivity contribution in [2.75, 3.05) is 36.0 Å². The summed E-state index contributed by atoms with van der Waals surface area (Å²) in [7, 11) is 0. The van der Waals surface area contributed by atoms with Gasteiger partial charge in [0.2, 0.25) is 0 Å². The van der Waals surface area contributed by atoms with E-state index in [1.807, 2.05) is 12.3 Å². The zero-order chi connectivity index (χ0) is 18.8. The Morgan fingerprint density at radius 2 is 1.74 bits per heavy atom. The van der Waals surface area contributed by atoms with Gasteiger partial charge >= 0.3 is 0 Å². The smallest absolute Gasteiger partial charge is 0.141 e. The molecule has 1 aromatic heterocycles. The van der Waals surface area contributed by atoms with Gasteiger partial charge in [-0.1, -0.05) is 20.3 Å². The molecule has 0 saturated carbocycles. The van der Waals surface area contributed by atoms with Crippen molar-refractivity contribution in [3.05, 3.63) is 24.4 Å². The normalized spacial score (nSPS) is 20.2. The van der Waals surface area contributed by atoms with E-state index >= 15 is 0 Å². The molecule has 1 atom stereocenters. The van der Waals surface area contributed by atoms with Gasteiger partial charge in [0.25, 0.3) is 0 Å². The molecule has 1 unspecified atom stereocenters. The van der Waals surface area contributed by atoms with Crippen molar-refractivity contribution in [2.45, 2.75) is 52.4 Å². The highest BCUT2D eigenvalue weighted by molar-refractivity contribution is 5.95. The highest BCUT2D eigenvalue weighted by atomic mass is 16.3. The lowest BCUT2D eigenvalue weighted by Crippen LogP contribution is -2.35.